The van der Waals surface area contributed by atoms with Crippen molar-refractivity contribution in [2.24, 2.45) is 0 Å². The normalized spacial score (nSPS) is 10.1. The summed E-state index contributed by atoms with van der Waals surface area (Å²) in [5.74, 6) is -2.48. The molecular weight excluding hydrogens is 962 g/mol. The molecule has 68 heavy (non-hydrogen) atoms. The molecule has 9 rings (SSSR count). The number of halogens is 6. The zero-order chi connectivity index (χ0) is 49.6. The quantitative estimate of drug-likeness (QED) is 0.0749. The molecule has 0 amide bonds. The summed E-state index contributed by atoms with van der Waals surface area (Å²) in [5.41, 5.74) is 0. The van der Waals surface area contributed by atoms with Gasteiger partial charge in [0.05, 0.1) is 0 Å². The second-order valence-corrected chi connectivity index (χ2v) is 20.0. The molecule has 0 radical (unpaired) electrons. The Morgan fingerprint density at radius 1 is 0.294 bits per heavy atom. The average molecular weight is 1010 g/mol. The van der Waals surface area contributed by atoms with Crippen molar-refractivity contribution in [1.82, 2.24) is 0 Å². The molecule has 0 heterocycles. The van der Waals surface area contributed by atoms with Crippen LogP contribution < -0.4 is 31.1 Å². The Balaban J connectivity index is 0.000000251. The summed E-state index contributed by atoms with van der Waals surface area (Å²) in [6, 6.07) is 70.8. The summed E-state index contributed by atoms with van der Waals surface area (Å²) in [6.07, 6.45) is 0. The van der Waals surface area contributed by atoms with Gasteiger partial charge in [0, 0.05) is 0 Å². The van der Waals surface area contributed by atoms with E-state index in [4.69, 9.17) is 8.47 Å². The van der Waals surface area contributed by atoms with Gasteiger partial charge < -0.3 is 14.4 Å². The molecule has 347 valence electrons. The Hall–Kier alpha value is -6.52. The minimum absolute atomic E-state index is 0.306. The molecule has 14 heteroatoms. The number of benzene rings is 9. The smallest absolute Gasteiger partial charge is 0.171 e. The van der Waals surface area contributed by atoms with Crippen LogP contribution in [-0.4, -0.2) is 41.5 Å². The predicted molar refractivity (Wildman–Crippen MR) is 261 cm³/mol. The Morgan fingerprint density at radius 2 is 0.426 bits per heavy atom. The topological polar surface area (TPSA) is 77.8 Å². The molecule has 0 saturated heterocycles. The Bertz CT molecular complexity index is 2160. The van der Waals surface area contributed by atoms with Gasteiger partial charge in [-0.3, -0.25) is 0 Å². The molecule has 0 atom stereocenters. The van der Waals surface area contributed by atoms with Gasteiger partial charge in [-0.1, -0.05) is 72.8 Å². The van der Waals surface area contributed by atoms with E-state index < -0.39 is 51.5 Å². The number of hydrogen-bond donors (Lipinski definition) is 3. The molecule has 4 nitrogen and oxygen atoms in total. The molecule has 0 aliphatic carbocycles. The molecule has 0 aliphatic heterocycles. The summed E-state index contributed by atoms with van der Waals surface area (Å²) in [4.78, 5) is 30.1. The number of rotatable bonds is 6. The van der Waals surface area contributed by atoms with Crippen LogP contribution in [-0.2, 0) is 21.0 Å². The molecule has 0 fully saturated rings. The summed E-state index contributed by atoms with van der Waals surface area (Å²) in [5, 5.41) is 3.23. The van der Waals surface area contributed by atoms with Gasteiger partial charge in [0.1, 0.15) is 45.4 Å². The zero-order valence-electron chi connectivity index (χ0n) is 36.5. The van der Waals surface area contributed by atoms with E-state index in [2.05, 4.69) is 18.2 Å². The summed E-state index contributed by atoms with van der Waals surface area (Å²) >= 11 is 1.06. The van der Waals surface area contributed by atoms with Gasteiger partial charge in [-0.15, -0.1) is 0 Å². The van der Waals surface area contributed by atoms with Crippen molar-refractivity contribution in [2.45, 2.75) is 0 Å². The molecule has 9 aromatic rings. The third kappa shape index (κ3) is 17.6. The van der Waals surface area contributed by atoms with Gasteiger partial charge in [-0.2, -0.15) is 109 Å². The van der Waals surface area contributed by atoms with E-state index in [1.165, 1.54) is 146 Å². The molecule has 0 aromatic heterocycles. The first-order valence-electron chi connectivity index (χ1n) is 20.4. The average Bonchev–Trinajstić information content (AvgIpc) is 3.40. The van der Waals surface area contributed by atoms with Crippen molar-refractivity contribution in [3.8, 4) is 0 Å². The fourth-order valence-electron chi connectivity index (χ4n) is 6.17. The van der Waals surface area contributed by atoms with Crippen molar-refractivity contribution in [2.75, 3.05) is 0 Å². The summed E-state index contributed by atoms with van der Waals surface area (Å²) in [7, 11) is -6.59. The van der Waals surface area contributed by atoms with E-state index in [0.29, 0.717) is 41.6 Å². The number of hydrogen-bond acceptors (Lipinski definition) is 4. The van der Waals surface area contributed by atoms with Crippen LogP contribution in [0.1, 0.15) is 0 Å². The molecule has 0 saturated carbocycles. The van der Waals surface area contributed by atoms with Gasteiger partial charge >= 0.3 is 21.0 Å². The molecule has 9 aromatic carbocycles. The van der Waals surface area contributed by atoms with Crippen LogP contribution in [0.25, 0.3) is 0 Å². The molecule has 0 spiro atoms. The van der Waals surface area contributed by atoms with Crippen LogP contribution in [0.5, 0.6) is 0 Å². The maximum Gasteiger partial charge on any atom is -0.171 e. The van der Waals surface area contributed by atoms with E-state index in [-0.39, 0.29) is 0 Å². The van der Waals surface area contributed by atoms with E-state index in [1.54, 1.807) is 0 Å². The minimum atomic E-state index is -3.45. The summed E-state index contributed by atoms with van der Waals surface area (Å²) < 4.78 is 87.5. The largest absolute Gasteiger partial charge is 0.184 e. The van der Waals surface area contributed by atoms with Crippen LogP contribution in [0.2, 0.25) is 0 Å². The van der Waals surface area contributed by atoms with Crippen LogP contribution in [0.15, 0.2) is 237 Å². The minimum Gasteiger partial charge on any atom is -0.184 e. The van der Waals surface area contributed by atoms with Gasteiger partial charge in [-0.05, 0) is 104 Å². The second-order valence-electron chi connectivity index (χ2n) is 13.7. The monoisotopic (exact) mass is 1010 g/mol. The van der Waals surface area contributed by atoms with Crippen LogP contribution in [0.3, 0.4) is 0 Å². The van der Waals surface area contributed by atoms with Gasteiger partial charge in [0.25, 0.3) is 16.6 Å². The SMILES string of the molecule is O[SiH3].O[Si](c1ccc(F)cc1)(c1ccc(F)cc1)c1ccc(F)cc1.O[Si](c1ccc(F)cc1)(c1ccc(F)cc1)c1ccc(F)cc1.[O]=[V].[c-]1ccccc1.[c-]1ccccc1.[c-]1ccccc1. The van der Waals surface area contributed by atoms with Crippen molar-refractivity contribution < 1.29 is 61.8 Å². The zero-order valence-corrected chi connectivity index (χ0v) is 41.9. The third-order valence-corrected chi connectivity index (χ3v) is 16.4. The Morgan fingerprint density at radius 3 is 0.515 bits per heavy atom. The van der Waals surface area contributed by atoms with Crippen molar-refractivity contribution in [3.63, 3.8) is 0 Å². The molecule has 0 aliphatic rings. The van der Waals surface area contributed by atoms with Gasteiger partial charge in [-0.25, -0.2) is 26.3 Å². The van der Waals surface area contributed by atoms with Crippen LogP contribution in [0, 0.1) is 53.1 Å². The molecule has 0 unspecified atom stereocenters. The maximum absolute atomic E-state index is 13.2. The molecular formula is C54H45F6O4Si3V-3. The first-order chi connectivity index (χ1) is 33.0. The summed E-state index contributed by atoms with van der Waals surface area (Å²) in [6.45, 7) is 0. The first kappa shape index (κ1) is 55.8. The Labute approximate surface area is 407 Å². The van der Waals surface area contributed by atoms with Crippen molar-refractivity contribution >= 4 is 58.2 Å². The fraction of sp³-hybridized carbons (Fsp3) is 0. The second kappa shape index (κ2) is 30.7. The van der Waals surface area contributed by atoms with Gasteiger partial charge in [0.2, 0.25) is 0 Å². The molecule has 0 bridgehead atoms. The maximum atomic E-state index is 13.2. The van der Waals surface area contributed by atoms with Crippen molar-refractivity contribution in [1.29, 1.82) is 0 Å². The van der Waals surface area contributed by atoms with E-state index >= 15 is 0 Å². The van der Waals surface area contributed by atoms with E-state index in [9.17, 15) is 35.9 Å². The Kier molecular flexibility index (Phi) is 25.2. The molecule has 3 N–H and O–H groups in total. The van der Waals surface area contributed by atoms with Crippen molar-refractivity contribution in [3.05, 3.63) is 290 Å². The van der Waals surface area contributed by atoms with E-state index in [0.717, 1.165) is 17.4 Å². The first-order valence-corrected chi connectivity index (χ1v) is 25.7. The van der Waals surface area contributed by atoms with Crippen LogP contribution in [0.4, 0.5) is 26.3 Å². The van der Waals surface area contributed by atoms with Gasteiger partial charge in [0.15, 0.2) is 0 Å². The third-order valence-electron chi connectivity index (χ3n) is 9.39. The van der Waals surface area contributed by atoms with E-state index in [1.807, 2.05) is 91.0 Å². The fourth-order valence-corrected chi connectivity index (χ4v) is 12.1. The van der Waals surface area contributed by atoms with Crippen LogP contribution >= 0.6 is 0 Å². The predicted octanol–water partition coefficient (Wildman–Crippen LogP) is 6.72. The standard InChI is InChI=1S/2C18H13F3OSi.3C6H5.H4OSi.O.V/c2*19-13-1-7-16(8-2-13)23(22,17-9-3-14(20)4-10-17)18-11-5-15(21)6-12-18;3*1-2-4-6-5-3-1;1-2;;/h2*1-12,22H;3*1-5H;1H,2H3;;/q;;3*-1;;;.